The van der Waals surface area contributed by atoms with Gasteiger partial charge in [0.2, 0.25) is 0 Å². The third-order valence-corrected chi connectivity index (χ3v) is 16.1. The van der Waals surface area contributed by atoms with Gasteiger partial charge in [0.15, 0.2) is 0 Å². The van der Waals surface area contributed by atoms with Crippen LogP contribution in [0.4, 0.5) is 34.1 Å². The van der Waals surface area contributed by atoms with E-state index < -0.39 is 21.2 Å². The first kappa shape index (κ1) is 31.1. The van der Waals surface area contributed by atoms with E-state index in [0.717, 1.165) is 12.8 Å². The number of alkyl halides is 1. The molecule has 0 N–H and O–H groups in total. The topological polar surface area (TPSA) is 13.0 Å². The summed E-state index contributed by atoms with van der Waals surface area (Å²) in [6.07, 6.45) is 9.06. The summed E-state index contributed by atoms with van der Waals surface area (Å²) < 4.78 is 1.58. The molecular weight excluding hydrogens is 687 g/mol. The summed E-state index contributed by atoms with van der Waals surface area (Å²) in [6, 6.07) is 35.8. The van der Waals surface area contributed by atoms with E-state index in [-0.39, 0.29) is 21.2 Å². The molecule has 0 aromatic heterocycles. The van der Waals surface area contributed by atoms with Gasteiger partial charge in [-0.05, 0) is 0 Å². The van der Waals surface area contributed by atoms with Crippen LogP contribution in [0.5, 0.6) is 0 Å². The minimum absolute atomic E-state index is 0.00797. The molecule has 0 fully saturated rings. The molecule has 0 radical (unpaired) electrons. The van der Waals surface area contributed by atoms with Gasteiger partial charge in [-0.25, -0.2) is 0 Å². The van der Waals surface area contributed by atoms with Gasteiger partial charge in [0, 0.05) is 0 Å². The molecule has 5 heteroatoms. The second-order valence-corrected chi connectivity index (χ2v) is 18.5. The molecule has 4 aromatic carbocycles. The molecule has 0 amide bonds. The number of hydrogen-bond donors (Lipinski definition) is 0. The van der Waals surface area contributed by atoms with E-state index in [9.17, 15) is 0 Å². The van der Waals surface area contributed by atoms with Crippen LogP contribution in [-0.2, 0) is 9.84 Å². The van der Waals surface area contributed by atoms with Gasteiger partial charge in [-0.2, -0.15) is 0 Å². The van der Waals surface area contributed by atoms with Crippen molar-refractivity contribution in [1.29, 1.82) is 0 Å². The molecule has 4 aliphatic rings. The molecule has 4 aromatic rings. The summed E-state index contributed by atoms with van der Waals surface area (Å²) >= 11 is -0.443. The monoisotopic (exact) mass is 737 g/mol. The van der Waals surface area contributed by atoms with Gasteiger partial charge in [-0.15, -0.1) is 0 Å². The number of fused-ring (bicyclic) bond motifs is 13. The Morgan fingerprint density at radius 2 is 1.43 bits per heavy atom. The van der Waals surface area contributed by atoms with Crippen molar-refractivity contribution in [2.75, 3.05) is 26.6 Å². The summed E-state index contributed by atoms with van der Waals surface area (Å²) in [6.45, 7) is 12.3. The average molecular weight is 738 g/mol. The Morgan fingerprint density at radius 1 is 0.745 bits per heavy atom. The summed E-state index contributed by atoms with van der Waals surface area (Å²) in [5.41, 5.74) is 11.4. The van der Waals surface area contributed by atoms with Crippen molar-refractivity contribution in [2.24, 2.45) is 5.41 Å². The van der Waals surface area contributed by atoms with Gasteiger partial charge in [0.1, 0.15) is 0 Å². The first-order valence-corrected chi connectivity index (χ1v) is 20.2. The van der Waals surface area contributed by atoms with Crippen LogP contribution in [0, 0.1) is 8.99 Å². The number of benzene rings is 4. The van der Waals surface area contributed by atoms with E-state index in [2.05, 4.69) is 152 Å². The zero-order chi connectivity index (χ0) is 32.5. The molecule has 0 saturated heterocycles. The fourth-order valence-corrected chi connectivity index (χ4v) is 14.0. The zero-order valence-corrected chi connectivity index (χ0v) is 31.2. The van der Waals surface area contributed by atoms with Gasteiger partial charge in [0.25, 0.3) is 0 Å². The molecule has 47 heavy (non-hydrogen) atoms. The van der Waals surface area contributed by atoms with Gasteiger partial charge in [-0.1, -0.05) is 6.92 Å². The molecule has 8 rings (SSSR count). The summed E-state index contributed by atoms with van der Waals surface area (Å²) in [5.74, 6) is 0. The number of halogens is 1. The maximum atomic E-state index is 2.85. The fraction of sp³-hybridized carbons (Fsp3) is 0.429. The van der Waals surface area contributed by atoms with Crippen molar-refractivity contribution < 1.29 is 21.2 Å². The van der Waals surface area contributed by atoms with Crippen molar-refractivity contribution in [3.8, 4) is 0 Å². The van der Waals surface area contributed by atoms with Gasteiger partial charge < -0.3 is 0 Å². The number of rotatable bonds is 7. The van der Waals surface area contributed by atoms with Crippen molar-refractivity contribution >= 4 is 34.1 Å². The second kappa shape index (κ2) is 11.7. The first-order chi connectivity index (χ1) is 22.8. The molecule has 4 heterocycles. The Hall–Kier alpha value is -3.19. The molecule has 4 nitrogen and oxygen atoms in total. The van der Waals surface area contributed by atoms with Crippen LogP contribution in [0.1, 0.15) is 84.3 Å². The molecule has 4 atom stereocenters. The van der Waals surface area contributed by atoms with Crippen molar-refractivity contribution in [3.05, 3.63) is 106 Å². The average Bonchev–Trinajstić information content (AvgIpc) is 3.56. The maximum absolute atomic E-state index is 2.85. The number of para-hydroxylation sites is 4. The van der Waals surface area contributed by atoms with Crippen LogP contribution in [0.15, 0.2) is 91.0 Å². The standard InChI is InChI=1S/C42H50IN4/c1-7-9-10-11-18-30-25-26-37-38(27-30)45(29(3)4)40-42(8-2)28-39-44(6)35-23-16-17-24-36(35)46(39)34-22-15-13-20-32(34)43-41(42,5)31-19-12-14-21-33(31)47(37)40/h12-17,19-27,29,39-40H,7-11,18,28H2,1-6H3/q-1/t39-,40?,41?,42+/m0/s1. The van der Waals surface area contributed by atoms with Gasteiger partial charge in [-0.3, -0.25) is 0 Å². The number of nitrogens with zero attached hydrogens (tertiary/aromatic N) is 4. The summed E-state index contributed by atoms with van der Waals surface area (Å²) in [7, 11) is 2.34. The molecule has 0 bridgehead atoms. The Morgan fingerprint density at radius 3 is 2.17 bits per heavy atom. The Bertz CT molecular complexity index is 1800. The Labute approximate surface area is 293 Å². The van der Waals surface area contributed by atoms with E-state index in [4.69, 9.17) is 0 Å². The fourth-order valence-electron chi connectivity index (χ4n) is 9.54. The van der Waals surface area contributed by atoms with Gasteiger partial charge in [0.05, 0.1) is 0 Å². The third-order valence-electron chi connectivity index (χ3n) is 11.9. The summed E-state index contributed by atoms with van der Waals surface area (Å²) in [4.78, 5) is 10.9. The van der Waals surface area contributed by atoms with Crippen LogP contribution in [0.2, 0.25) is 0 Å². The molecule has 2 unspecified atom stereocenters. The number of unbranched alkanes of at least 4 members (excludes halogenated alkanes) is 3. The molecule has 246 valence electrons. The van der Waals surface area contributed by atoms with E-state index in [1.54, 1.807) is 9.13 Å². The van der Waals surface area contributed by atoms with Crippen LogP contribution in [0.3, 0.4) is 0 Å². The van der Waals surface area contributed by atoms with Crippen molar-refractivity contribution in [2.45, 2.75) is 101 Å². The van der Waals surface area contributed by atoms with Gasteiger partial charge >= 0.3 is 288 Å². The third kappa shape index (κ3) is 4.43. The van der Waals surface area contributed by atoms with E-state index in [1.165, 1.54) is 71.8 Å². The zero-order valence-electron chi connectivity index (χ0n) is 29.0. The Kier molecular flexibility index (Phi) is 7.77. The summed E-state index contributed by atoms with van der Waals surface area (Å²) in [5, 5.41) is 0. The molecule has 4 aliphatic heterocycles. The molecule has 0 aliphatic carbocycles. The number of hydrogen-bond acceptors (Lipinski definition) is 4. The van der Waals surface area contributed by atoms with E-state index in [1.807, 2.05) is 0 Å². The first-order valence-electron chi connectivity index (χ1n) is 18.0. The van der Waals surface area contributed by atoms with Crippen LogP contribution >= 0.6 is 0 Å². The van der Waals surface area contributed by atoms with Crippen LogP contribution in [0.25, 0.3) is 0 Å². The predicted octanol–water partition coefficient (Wildman–Crippen LogP) is 7.40. The normalized spacial score (nSPS) is 25.5. The quantitative estimate of drug-likeness (QED) is 0.111. The second-order valence-electron chi connectivity index (χ2n) is 14.6. The Balaban J connectivity index is 1.36. The number of anilines is 6. The SMILES string of the molecule is CCCCCCc1ccc2c(c1)N(C(C)C)C1N2c2ccccc2C2(C)[I-]c3ccccc3N3c4ccccc4N(C)[C@@H]3C[C@]12CC. The van der Waals surface area contributed by atoms with E-state index >= 15 is 0 Å². The van der Waals surface area contributed by atoms with Crippen LogP contribution in [-0.4, -0.2) is 25.4 Å². The predicted molar refractivity (Wildman–Crippen MR) is 195 cm³/mol. The van der Waals surface area contributed by atoms with Crippen LogP contribution < -0.4 is 40.8 Å². The number of aryl methyl sites for hydroxylation is 1. The van der Waals surface area contributed by atoms with Crippen molar-refractivity contribution in [1.82, 2.24) is 0 Å². The minimum atomic E-state index is -0.443. The van der Waals surface area contributed by atoms with Crippen molar-refractivity contribution in [3.63, 3.8) is 0 Å². The molecule has 0 spiro atoms. The molecular formula is C42H50IN4-. The van der Waals surface area contributed by atoms with E-state index in [0.29, 0.717) is 6.04 Å². The molecule has 0 saturated carbocycles.